The largest absolute Gasteiger partial charge is 0.497 e. The molecule has 10 nitrogen and oxygen atoms in total. The zero-order valence-corrected chi connectivity index (χ0v) is 25.9. The Hall–Kier alpha value is -4.90. The molecule has 4 aromatic rings. The number of nitrogens with zero attached hydrogens (tertiary/aromatic N) is 2. The van der Waals surface area contributed by atoms with Crippen LogP contribution in [-0.2, 0) is 14.3 Å². The lowest BCUT2D eigenvalue weighted by Gasteiger charge is -2.27. The maximum Gasteiger partial charge on any atom is 0.338 e. The molecule has 5 rings (SSSR count). The Morgan fingerprint density at radius 1 is 1.00 bits per heavy atom. The predicted molar refractivity (Wildman–Crippen MR) is 165 cm³/mol. The number of thiazole rings is 1. The third kappa shape index (κ3) is 5.83. The van der Waals surface area contributed by atoms with Crippen LogP contribution in [0.2, 0.25) is 0 Å². The molecule has 228 valence electrons. The summed E-state index contributed by atoms with van der Waals surface area (Å²) in [5, 5.41) is 0. The highest BCUT2D eigenvalue weighted by atomic mass is 32.1. The van der Waals surface area contributed by atoms with E-state index in [9.17, 15) is 14.4 Å². The minimum atomic E-state index is -0.862. The van der Waals surface area contributed by atoms with E-state index >= 15 is 0 Å². The summed E-state index contributed by atoms with van der Waals surface area (Å²) in [6.45, 7) is 3.90. The number of ether oxygens (including phenoxy) is 4. The van der Waals surface area contributed by atoms with Crippen LogP contribution in [0.15, 0.2) is 80.1 Å². The molecule has 1 aliphatic rings. The van der Waals surface area contributed by atoms with Gasteiger partial charge in [-0.2, -0.15) is 0 Å². The van der Waals surface area contributed by atoms with Crippen molar-refractivity contribution in [2.75, 3.05) is 27.9 Å². The molecule has 0 radical (unpaired) electrons. The molecule has 0 spiro atoms. The van der Waals surface area contributed by atoms with E-state index in [0.29, 0.717) is 55.6 Å². The summed E-state index contributed by atoms with van der Waals surface area (Å²) >= 11 is 1.21. The summed E-state index contributed by atoms with van der Waals surface area (Å²) in [6.07, 6.45) is 2.90. The second-order valence-corrected chi connectivity index (χ2v) is 10.8. The van der Waals surface area contributed by atoms with Crippen molar-refractivity contribution in [2.45, 2.75) is 32.7 Å². The van der Waals surface area contributed by atoms with Gasteiger partial charge in [0.15, 0.2) is 4.80 Å². The number of hydrogen-bond donors (Lipinski definition) is 0. The Balaban J connectivity index is 1.66. The lowest BCUT2D eigenvalue weighted by molar-refractivity contribution is -0.139. The van der Waals surface area contributed by atoms with Gasteiger partial charge in [0.05, 0.1) is 49.3 Å². The lowest BCUT2D eigenvalue weighted by atomic mass is 9.93. The van der Waals surface area contributed by atoms with Gasteiger partial charge < -0.3 is 23.4 Å². The number of carbonyl (C=O) groups is 2. The van der Waals surface area contributed by atoms with Crippen molar-refractivity contribution >= 4 is 29.4 Å². The highest BCUT2D eigenvalue weighted by molar-refractivity contribution is 7.07. The van der Waals surface area contributed by atoms with Crippen LogP contribution in [0, 0.1) is 0 Å². The number of rotatable bonds is 10. The summed E-state index contributed by atoms with van der Waals surface area (Å²) < 4.78 is 29.4. The number of methoxy groups -OCH3 is 3. The molecule has 0 saturated carbocycles. The standard InChI is InChI=1S/C33H32N2O8S/c1-6-8-24-28(32(38)42-7-2)29(23-17-21(39-3)13-16-26(23)40-4)35-30(36)27(44-33(35)34-24)18-22-14-15-25(43-22)19-9-11-20(12-10-19)31(37)41-5/h9-18,29H,6-8H2,1-5H3/b27-18-/t29-/m0/s1. The highest BCUT2D eigenvalue weighted by Crippen LogP contribution is 2.38. The first-order valence-electron chi connectivity index (χ1n) is 14.1. The van der Waals surface area contributed by atoms with Crippen LogP contribution in [0.4, 0.5) is 0 Å². The molecule has 2 aromatic carbocycles. The van der Waals surface area contributed by atoms with Crippen molar-refractivity contribution in [2.24, 2.45) is 4.99 Å². The van der Waals surface area contributed by atoms with E-state index in [4.69, 9.17) is 28.4 Å². The first-order chi connectivity index (χ1) is 21.3. The van der Waals surface area contributed by atoms with E-state index in [1.54, 1.807) is 74.7 Å². The Bertz CT molecular complexity index is 1910. The van der Waals surface area contributed by atoms with E-state index in [1.807, 2.05) is 6.92 Å². The van der Waals surface area contributed by atoms with E-state index < -0.39 is 18.0 Å². The monoisotopic (exact) mass is 616 g/mol. The maximum absolute atomic E-state index is 14.1. The summed E-state index contributed by atoms with van der Waals surface area (Å²) in [4.78, 5) is 44.6. The fourth-order valence-electron chi connectivity index (χ4n) is 5.07. The highest BCUT2D eigenvalue weighted by Gasteiger charge is 2.36. The first-order valence-corrected chi connectivity index (χ1v) is 14.9. The fourth-order valence-corrected chi connectivity index (χ4v) is 6.07. The molecular weight excluding hydrogens is 584 g/mol. The minimum absolute atomic E-state index is 0.167. The Morgan fingerprint density at radius 3 is 2.43 bits per heavy atom. The zero-order valence-electron chi connectivity index (χ0n) is 25.0. The molecule has 2 aromatic heterocycles. The molecule has 0 unspecified atom stereocenters. The van der Waals surface area contributed by atoms with Gasteiger partial charge in [0, 0.05) is 17.2 Å². The van der Waals surface area contributed by atoms with Gasteiger partial charge in [-0.15, -0.1) is 0 Å². The van der Waals surface area contributed by atoms with Crippen LogP contribution < -0.4 is 24.4 Å². The number of esters is 2. The lowest BCUT2D eigenvalue weighted by Crippen LogP contribution is -2.40. The average molecular weight is 617 g/mol. The summed E-state index contributed by atoms with van der Waals surface area (Å²) in [6, 6.07) is 14.8. The van der Waals surface area contributed by atoms with Gasteiger partial charge in [-0.25, -0.2) is 14.6 Å². The number of furan rings is 1. The first kappa shape index (κ1) is 30.6. The number of benzene rings is 2. The summed E-state index contributed by atoms with van der Waals surface area (Å²) in [7, 11) is 4.41. The third-order valence-corrected chi connectivity index (χ3v) is 8.10. The molecule has 3 heterocycles. The number of fused-ring (bicyclic) bond motifs is 1. The molecular formula is C33H32N2O8S. The zero-order chi connectivity index (χ0) is 31.4. The molecule has 0 saturated heterocycles. The van der Waals surface area contributed by atoms with Gasteiger partial charge in [0.1, 0.15) is 29.1 Å². The maximum atomic E-state index is 14.1. The van der Waals surface area contributed by atoms with Crippen LogP contribution in [0.3, 0.4) is 0 Å². The van der Waals surface area contributed by atoms with Crippen LogP contribution in [-0.4, -0.2) is 44.4 Å². The second kappa shape index (κ2) is 13.2. The molecule has 1 aliphatic heterocycles. The van der Waals surface area contributed by atoms with E-state index in [0.717, 1.165) is 12.0 Å². The van der Waals surface area contributed by atoms with E-state index in [-0.39, 0.29) is 17.7 Å². The molecule has 0 bridgehead atoms. The van der Waals surface area contributed by atoms with Gasteiger partial charge >= 0.3 is 11.9 Å². The van der Waals surface area contributed by atoms with Gasteiger partial charge in [0.2, 0.25) is 0 Å². The van der Waals surface area contributed by atoms with Crippen molar-refractivity contribution in [1.82, 2.24) is 4.57 Å². The van der Waals surface area contributed by atoms with Crippen LogP contribution in [0.25, 0.3) is 17.4 Å². The Morgan fingerprint density at radius 2 is 1.77 bits per heavy atom. The number of carbonyl (C=O) groups excluding carboxylic acids is 2. The molecule has 44 heavy (non-hydrogen) atoms. The SMILES string of the molecule is CCCC1=C(C(=O)OCC)[C@H](c2cc(OC)ccc2OC)n2c(s/c(=C\c3ccc(-c4ccc(C(=O)OC)cc4)o3)c2=O)=N1. The van der Waals surface area contributed by atoms with Crippen molar-refractivity contribution in [3.63, 3.8) is 0 Å². The van der Waals surface area contributed by atoms with E-state index in [2.05, 4.69) is 0 Å². The predicted octanol–water partition coefficient (Wildman–Crippen LogP) is 4.64. The third-order valence-electron chi connectivity index (χ3n) is 7.11. The molecule has 0 amide bonds. The number of allylic oxidation sites excluding steroid dienone is 1. The van der Waals surface area contributed by atoms with Crippen LogP contribution in [0.5, 0.6) is 11.5 Å². The van der Waals surface area contributed by atoms with Crippen LogP contribution >= 0.6 is 11.3 Å². The average Bonchev–Trinajstić information content (AvgIpc) is 3.64. The Labute approximate surface area is 257 Å². The van der Waals surface area contributed by atoms with Crippen molar-refractivity contribution < 1.29 is 33.0 Å². The van der Waals surface area contributed by atoms with E-state index in [1.165, 1.54) is 30.1 Å². The fraction of sp³-hybridized carbons (Fsp3) is 0.273. The minimum Gasteiger partial charge on any atom is -0.497 e. The number of hydrogen-bond acceptors (Lipinski definition) is 10. The molecule has 0 N–H and O–H groups in total. The van der Waals surface area contributed by atoms with Crippen molar-refractivity contribution in [3.8, 4) is 22.8 Å². The molecule has 11 heteroatoms. The van der Waals surface area contributed by atoms with Crippen LogP contribution in [0.1, 0.15) is 54.4 Å². The van der Waals surface area contributed by atoms with Gasteiger partial charge in [-0.3, -0.25) is 9.36 Å². The molecule has 1 atom stereocenters. The topological polar surface area (TPSA) is 119 Å². The molecule has 0 aliphatic carbocycles. The quantitative estimate of drug-likeness (QED) is 0.237. The van der Waals surface area contributed by atoms with Gasteiger partial charge in [0.25, 0.3) is 5.56 Å². The second-order valence-electron chi connectivity index (χ2n) is 9.79. The van der Waals surface area contributed by atoms with Gasteiger partial charge in [-0.05, 0) is 55.8 Å². The normalized spacial score (nSPS) is 14.6. The van der Waals surface area contributed by atoms with Crippen molar-refractivity contribution in [1.29, 1.82) is 0 Å². The summed E-state index contributed by atoms with van der Waals surface area (Å²) in [5.74, 6) is 1.08. The smallest absolute Gasteiger partial charge is 0.338 e. The number of aromatic nitrogens is 1. The van der Waals surface area contributed by atoms with Crippen molar-refractivity contribution in [3.05, 3.63) is 102 Å². The van der Waals surface area contributed by atoms with Gasteiger partial charge in [-0.1, -0.05) is 36.8 Å². The molecule has 0 fully saturated rings. The summed E-state index contributed by atoms with van der Waals surface area (Å²) in [5.41, 5.74) is 2.26. The Kier molecular flexibility index (Phi) is 9.15.